The lowest BCUT2D eigenvalue weighted by Crippen LogP contribution is -2.34. The van der Waals surface area contributed by atoms with Gasteiger partial charge in [-0.05, 0) is 18.2 Å². The van der Waals surface area contributed by atoms with Crippen LogP contribution in [0.4, 0.5) is 5.69 Å². The van der Waals surface area contributed by atoms with Gasteiger partial charge in [0, 0.05) is 18.8 Å². The molecule has 3 N–H and O–H groups in total. The van der Waals surface area contributed by atoms with Gasteiger partial charge >= 0.3 is 5.97 Å². The minimum absolute atomic E-state index is 0.0518. The number of methoxy groups -OCH3 is 1. The van der Waals surface area contributed by atoms with Crippen molar-refractivity contribution in [3.63, 3.8) is 0 Å². The minimum atomic E-state index is -3.90. The van der Waals surface area contributed by atoms with E-state index in [2.05, 4.69) is 4.74 Å². The molecule has 0 unspecified atom stereocenters. The summed E-state index contributed by atoms with van der Waals surface area (Å²) < 4.78 is 30.6. The second-order valence-corrected chi connectivity index (χ2v) is 5.87. The lowest BCUT2D eigenvalue weighted by Gasteiger charge is -2.20. The maximum Gasteiger partial charge on any atom is 0.339 e. The first kappa shape index (κ1) is 16.4. The number of rotatable bonds is 6. The van der Waals surface area contributed by atoms with Gasteiger partial charge in [-0.3, -0.25) is 0 Å². The van der Waals surface area contributed by atoms with Crippen LogP contribution in [-0.4, -0.2) is 50.6 Å². The molecule has 0 heterocycles. The number of nitrogens with zero attached hydrogens (tertiary/aromatic N) is 1. The zero-order chi connectivity index (χ0) is 15.3. The third-order valence-electron chi connectivity index (χ3n) is 2.73. The van der Waals surface area contributed by atoms with Crippen molar-refractivity contribution in [3.8, 4) is 0 Å². The molecule has 7 nitrogen and oxygen atoms in total. The molecule has 1 aromatic carbocycles. The van der Waals surface area contributed by atoms with E-state index in [0.717, 1.165) is 11.4 Å². The number of anilines is 1. The van der Waals surface area contributed by atoms with E-state index in [-0.39, 0.29) is 35.8 Å². The normalized spacial score (nSPS) is 11.6. The average Bonchev–Trinajstić information content (AvgIpc) is 2.43. The maximum atomic E-state index is 12.5. The highest BCUT2D eigenvalue weighted by Gasteiger charge is 2.28. The highest BCUT2D eigenvalue weighted by molar-refractivity contribution is 7.89. The number of likely N-dealkylation sites (N-methyl/N-ethyl adjacent to an activating group) is 1. The topological polar surface area (TPSA) is 110 Å². The van der Waals surface area contributed by atoms with Crippen LogP contribution in [-0.2, 0) is 14.8 Å². The van der Waals surface area contributed by atoms with Gasteiger partial charge in [-0.25, -0.2) is 13.2 Å². The second kappa shape index (κ2) is 6.69. The largest absolute Gasteiger partial charge is 0.465 e. The van der Waals surface area contributed by atoms with Gasteiger partial charge in [-0.1, -0.05) is 6.92 Å². The molecule has 0 aliphatic carbocycles. The van der Waals surface area contributed by atoms with Gasteiger partial charge in [0.25, 0.3) is 0 Å². The van der Waals surface area contributed by atoms with Crippen LogP contribution in [0.3, 0.4) is 0 Å². The van der Waals surface area contributed by atoms with Crippen LogP contribution in [0.15, 0.2) is 23.1 Å². The Balaban J connectivity index is 3.41. The van der Waals surface area contributed by atoms with Crippen LogP contribution in [0, 0.1) is 0 Å². The van der Waals surface area contributed by atoms with E-state index in [1.807, 2.05) is 0 Å². The van der Waals surface area contributed by atoms with Crippen molar-refractivity contribution < 1.29 is 23.1 Å². The molecule has 0 aromatic heterocycles. The maximum absolute atomic E-state index is 12.5. The van der Waals surface area contributed by atoms with Crippen molar-refractivity contribution in [1.29, 1.82) is 0 Å². The quantitative estimate of drug-likeness (QED) is 0.568. The molecule has 0 bridgehead atoms. The first-order valence-corrected chi connectivity index (χ1v) is 7.41. The summed E-state index contributed by atoms with van der Waals surface area (Å²) in [6.45, 7) is 1.45. The number of carbonyl (C=O) groups is 1. The Kier molecular flexibility index (Phi) is 5.49. The predicted molar refractivity (Wildman–Crippen MR) is 73.7 cm³/mol. The smallest absolute Gasteiger partial charge is 0.339 e. The fourth-order valence-electron chi connectivity index (χ4n) is 1.74. The van der Waals surface area contributed by atoms with Crippen LogP contribution in [0.5, 0.6) is 0 Å². The molecule has 0 saturated carbocycles. The number of hydrogen-bond donors (Lipinski definition) is 2. The lowest BCUT2D eigenvalue weighted by atomic mass is 10.2. The molecule has 0 saturated heterocycles. The van der Waals surface area contributed by atoms with Gasteiger partial charge in [0.2, 0.25) is 10.0 Å². The van der Waals surface area contributed by atoms with Crippen LogP contribution in [0.2, 0.25) is 0 Å². The number of sulfonamides is 1. The summed E-state index contributed by atoms with van der Waals surface area (Å²) >= 11 is 0. The van der Waals surface area contributed by atoms with E-state index in [0.29, 0.717) is 0 Å². The molecule has 0 amide bonds. The van der Waals surface area contributed by atoms with Crippen molar-refractivity contribution in [2.45, 2.75) is 11.8 Å². The van der Waals surface area contributed by atoms with Gasteiger partial charge in [0.15, 0.2) is 0 Å². The fraction of sp³-hybridized carbons (Fsp3) is 0.417. The summed E-state index contributed by atoms with van der Waals surface area (Å²) in [5.41, 5.74) is 5.71. The first-order chi connectivity index (χ1) is 9.38. The molecular formula is C12H18N2O5S. The number of hydrogen-bond acceptors (Lipinski definition) is 6. The Morgan fingerprint density at radius 1 is 1.45 bits per heavy atom. The Labute approximate surface area is 118 Å². The van der Waals surface area contributed by atoms with Crippen molar-refractivity contribution in [2.24, 2.45) is 0 Å². The summed E-state index contributed by atoms with van der Waals surface area (Å²) in [6, 6.07) is 3.91. The number of carbonyl (C=O) groups excluding carboxylic acids is 1. The number of aliphatic hydroxyl groups excluding tert-OH is 1. The number of nitrogen functional groups attached to an aromatic ring is 1. The standard InChI is InChI=1S/C12H18N2O5S/c1-3-14(6-7-15)20(17,18)11-5-4-9(13)8-10(11)12(16)19-2/h4-5,8,15H,3,6-7,13H2,1-2H3. The Hall–Kier alpha value is -1.64. The highest BCUT2D eigenvalue weighted by atomic mass is 32.2. The fourth-order valence-corrected chi connectivity index (χ4v) is 3.34. The van der Waals surface area contributed by atoms with Crippen LogP contribution in [0.1, 0.15) is 17.3 Å². The number of nitrogens with two attached hydrogens (primary N) is 1. The zero-order valence-electron chi connectivity index (χ0n) is 11.4. The van der Waals surface area contributed by atoms with Crippen LogP contribution < -0.4 is 5.73 Å². The van der Waals surface area contributed by atoms with Gasteiger partial charge < -0.3 is 15.6 Å². The van der Waals surface area contributed by atoms with E-state index in [1.165, 1.54) is 18.2 Å². The monoisotopic (exact) mass is 302 g/mol. The number of esters is 1. The summed E-state index contributed by atoms with van der Waals surface area (Å²) in [5.74, 6) is -0.782. The summed E-state index contributed by atoms with van der Waals surface area (Å²) in [7, 11) is -2.74. The zero-order valence-corrected chi connectivity index (χ0v) is 12.2. The van der Waals surface area contributed by atoms with Crippen LogP contribution in [0.25, 0.3) is 0 Å². The molecular weight excluding hydrogens is 284 g/mol. The first-order valence-electron chi connectivity index (χ1n) is 5.97. The molecule has 112 valence electrons. The van der Waals surface area contributed by atoms with E-state index in [1.54, 1.807) is 6.92 Å². The molecule has 0 aliphatic heterocycles. The molecule has 0 fully saturated rings. The molecule has 1 aromatic rings. The summed E-state index contributed by atoms with van der Waals surface area (Å²) in [5, 5.41) is 8.93. The van der Waals surface area contributed by atoms with Crippen molar-refractivity contribution in [2.75, 3.05) is 32.5 Å². The van der Waals surface area contributed by atoms with E-state index in [9.17, 15) is 13.2 Å². The highest BCUT2D eigenvalue weighted by Crippen LogP contribution is 2.23. The number of aliphatic hydroxyl groups is 1. The van der Waals surface area contributed by atoms with Gasteiger partial charge in [-0.2, -0.15) is 4.31 Å². The van der Waals surface area contributed by atoms with E-state index in [4.69, 9.17) is 10.8 Å². The molecule has 20 heavy (non-hydrogen) atoms. The third kappa shape index (κ3) is 3.27. The van der Waals surface area contributed by atoms with Gasteiger partial charge in [0.1, 0.15) is 0 Å². The lowest BCUT2D eigenvalue weighted by molar-refractivity contribution is 0.0596. The SMILES string of the molecule is CCN(CCO)S(=O)(=O)c1ccc(N)cc1C(=O)OC. The Morgan fingerprint density at radius 2 is 2.10 bits per heavy atom. The van der Waals surface area contributed by atoms with Crippen molar-refractivity contribution in [3.05, 3.63) is 23.8 Å². The molecule has 0 aliphatic rings. The summed E-state index contributed by atoms with van der Waals surface area (Å²) in [4.78, 5) is 11.5. The average molecular weight is 302 g/mol. The van der Waals surface area contributed by atoms with Gasteiger partial charge in [0.05, 0.1) is 24.2 Å². The second-order valence-electron chi connectivity index (χ2n) is 3.97. The van der Waals surface area contributed by atoms with Gasteiger partial charge in [-0.15, -0.1) is 0 Å². The van der Waals surface area contributed by atoms with E-state index >= 15 is 0 Å². The van der Waals surface area contributed by atoms with Crippen molar-refractivity contribution in [1.82, 2.24) is 4.31 Å². The molecule has 8 heteroatoms. The van der Waals surface area contributed by atoms with Crippen molar-refractivity contribution >= 4 is 21.7 Å². The third-order valence-corrected chi connectivity index (χ3v) is 4.76. The Morgan fingerprint density at radius 3 is 2.60 bits per heavy atom. The minimum Gasteiger partial charge on any atom is -0.465 e. The van der Waals surface area contributed by atoms with Crippen LogP contribution >= 0.6 is 0 Å². The number of ether oxygens (including phenoxy) is 1. The number of benzene rings is 1. The molecule has 0 spiro atoms. The molecule has 0 radical (unpaired) electrons. The molecule has 0 atom stereocenters. The predicted octanol–water partition coefficient (Wildman–Crippen LogP) is 0.0583. The van der Waals surface area contributed by atoms with E-state index < -0.39 is 16.0 Å². The Bertz CT molecular complexity index is 586. The molecule has 1 rings (SSSR count). The summed E-state index contributed by atoms with van der Waals surface area (Å²) in [6.07, 6.45) is 0.